The first-order valence-corrected chi connectivity index (χ1v) is 13.4. The molecule has 4 N–H and O–H groups in total. The van der Waals surface area contributed by atoms with Crippen LogP contribution in [0.15, 0.2) is 35.9 Å². The second-order valence-electron chi connectivity index (χ2n) is 10.9. The lowest BCUT2D eigenvalue weighted by molar-refractivity contribution is -0.142. The van der Waals surface area contributed by atoms with Gasteiger partial charge < -0.3 is 39.2 Å². The van der Waals surface area contributed by atoms with Gasteiger partial charge in [-0.1, -0.05) is 36.8 Å². The third-order valence-electron chi connectivity index (χ3n) is 8.19. The number of halogens is 1. The molecule has 220 valence electrons. The maximum atomic E-state index is 13.3. The van der Waals surface area contributed by atoms with Gasteiger partial charge in [-0.3, -0.25) is 10.1 Å². The molecule has 0 aliphatic carbocycles. The Morgan fingerprint density at radius 3 is 2.58 bits per heavy atom. The van der Waals surface area contributed by atoms with E-state index in [1.165, 1.54) is 26.2 Å². The van der Waals surface area contributed by atoms with Gasteiger partial charge in [-0.25, -0.2) is 4.79 Å². The highest BCUT2D eigenvalue weighted by atomic mass is 35.5. The number of rotatable bonds is 2. The first-order valence-electron chi connectivity index (χ1n) is 13.0. The fourth-order valence-corrected chi connectivity index (χ4v) is 5.76. The minimum absolute atomic E-state index is 0.0219. The van der Waals surface area contributed by atoms with E-state index >= 15 is 0 Å². The van der Waals surface area contributed by atoms with Crippen LogP contribution in [0.1, 0.15) is 45.3 Å². The van der Waals surface area contributed by atoms with Crippen LogP contribution >= 0.6 is 11.6 Å². The molecule has 1 aromatic carbocycles. The molecule has 4 bridgehead atoms. The van der Waals surface area contributed by atoms with Crippen molar-refractivity contribution in [2.24, 2.45) is 5.92 Å². The first-order chi connectivity index (χ1) is 18.8. The highest BCUT2D eigenvalue weighted by Gasteiger charge is 2.62. The summed E-state index contributed by atoms with van der Waals surface area (Å²) in [7, 11) is 4.36. The van der Waals surface area contributed by atoms with Crippen LogP contribution in [0.5, 0.6) is 5.75 Å². The van der Waals surface area contributed by atoms with E-state index in [9.17, 15) is 24.9 Å². The molecule has 2 amide bonds. The number of alkyl carbamates (subject to hydrolysis) is 1. The summed E-state index contributed by atoms with van der Waals surface area (Å²) in [6.45, 7) is 5.19. The molecular formula is C28H37ClN2O9. The summed E-state index contributed by atoms with van der Waals surface area (Å²) < 4.78 is 22.3. The van der Waals surface area contributed by atoms with Crippen LogP contribution in [0.4, 0.5) is 10.5 Å². The number of carbonyl (C=O) groups is 2. The zero-order valence-electron chi connectivity index (χ0n) is 23.4. The largest absolute Gasteiger partial charge is 0.495 e. The second kappa shape index (κ2) is 11.3. The first kappa shape index (κ1) is 30.3. The van der Waals surface area contributed by atoms with Crippen LogP contribution in [0.25, 0.3) is 0 Å². The summed E-state index contributed by atoms with van der Waals surface area (Å²) in [5.74, 6) is -0.607. The Kier molecular flexibility index (Phi) is 8.56. The topological polar surface area (TPSA) is 150 Å². The molecule has 0 radical (unpaired) electrons. The number of amides is 2. The van der Waals surface area contributed by atoms with Gasteiger partial charge in [-0.2, -0.15) is 0 Å². The minimum Gasteiger partial charge on any atom is -0.495 e. The quantitative estimate of drug-likeness (QED) is 0.387. The third kappa shape index (κ3) is 5.59. The molecule has 7 unspecified atom stereocenters. The van der Waals surface area contributed by atoms with Crippen LogP contribution in [0.2, 0.25) is 5.02 Å². The van der Waals surface area contributed by atoms with Gasteiger partial charge >= 0.3 is 6.09 Å². The van der Waals surface area contributed by atoms with Crippen molar-refractivity contribution in [3.8, 4) is 5.75 Å². The monoisotopic (exact) mass is 580 g/mol. The molecule has 11 nitrogen and oxygen atoms in total. The van der Waals surface area contributed by atoms with E-state index < -0.39 is 59.8 Å². The van der Waals surface area contributed by atoms with Crippen LogP contribution in [0.3, 0.4) is 0 Å². The van der Waals surface area contributed by atoms with Crippen molar-refractivity contribution >= 4 is 29.3 Å². The molecule has 8 atom stereocenters. The summed E-state index contributed by atoms with van der Waals surface area (Å²) in [5, 5.41) is 36.2. The Hall–Kier alpha value is -2.67. The molecule has 40 heavy (non-hydrogen) atoms. The Labute approximate surface area is 238 Å². The van der Waals surface area contributed by atoms with Crippen molar-refractivity contribution in [2.75, 3.05) is 26.2 Å². The van der Waals surface area contributed by atoms with Crippen molar-refractivity contribution in [1.82, 2.24) is 5.32 Å². The molecule has 1 aromatic rings. The van der Waals surface area contributed by atoms with Gasteiger partial charge in [0.15, 0.2) is 5.72 Å². The Bertz CT molecular complexity index is 1220. The van der Waals surface area contributed by atoms with Gasteiger partial charge in [-0.15, -0.1) is 0 Å². The third-order valence-corrected chi connectivity index (χ3v) is 8.57. The van der Waals surface area contributed by atoms with Gasteiger partial charge in [0.1, 0.15) is 34.7 Å². The van der Waals surface area contributed by atoms with Crippen LogP contribution < -0.4 is 15.0 Å². The Balaban J connectivity index is 1.78. The van der Waals surface area contributed by atoms with Crippen molar-refractivity contribution in [3.05, 3.63) is 46.5 Å². The van der Waals surface area contributed by atoms with E-state index in [2.05, 4.69) is 5.32 Å². The number of benzene rings is 1. The zero-order chi connectivity index (χ0) is 29.6. The number of anilines is 1. The number of carbonyl (C=O) groups excluding carboxylic acids is 2. The lowest BCUT2D eigenvalue weighted by Crippen LogP contribution is -2.63. The highest BCUT2D eigenvalue weighted by Crippen LogP contribution is 2.48. The van der Waals surface area contributed by atoms with E-state index in [0.29, 0.717) is 16.8 Å². The molecule has 0 aromatic heterocycles. The van der Waals surface area contributed by atoms with Gasteiger partial charge in [0.2, 0.25) is 5.91 Å². The summed E-state index contributed by atoms with van der Waals surface area (Å²) in [6, 6.07) is 3.17. The van der Waals surface area contributed by atoms with Crippen LogP contribution in [-0.2, 0) is 19.0 Å². The zero-order valence-corrected chi connectivity index (χ0v) is 24.1. The molecule has 0 spiro atoms. The number of nitrogens with one attached hydrogen (secondary N) is 1. The van der Waals surface area contributed by atoms with E-state index in [4.69, 9.17) is 30.5 Å². The molecule has 3 aliphatic rings. The molecule has 2 saturated heterocycles. The van der Waals surface area contributed by atoms with Gasteiger partial charge in [0.25, 0.3) is 0 Å². The normalized spacial score (nSPS) is 38.9. The summed E-state index contributed by atoms with van der Waals surface area (Å²) >= 11 is 6.55. The summed E-state index contributed by atoms with van der Waals surface area (Å²) in [6.07, 6.45) is -0.862. The van der Waals surface area contributed by atoms with Crippen molar-refractivity contribution in [2.45, 2.75) is 75.5 Å². The fourth-order valence-electron chi connectivity index (χ4n) is 5.44. The molecule has 3 heterocycles. The predicted molar refractivity (Wildman–Crippen MR) is 146 cm³/mol. The van der Waals surface area contributed by atoms with Crippen molar-refractivity contribution < 1.29 is 43.9 Å². The summed E-state index contributed by atoms with van der Waals surface area (Å²) in [4.78, 5) is 27.1. The number of ether oxygens (including phenoxy) is 4. The highest BCUT2D eigenvalue weighted by molar-refractivity contribution is 6.35. The van der Waals surface area contributed by atoms with Crippen molar-refractivity contribution in [3.63, 3.8) is 0 Å². The Morgan fingerprint density at radius 1 is 1.23 bits per heavy atom. The van der Waals surface area contributed by atoms with Crippen LogP contribution in [0, 0.1) is 5.92 Å². The van der Waals surface area contributed by atoms with E-state index in [0.717, 1.165) is 0 Å². The maximum Gasteiger partial charge on any atom is 0.409 e. The van der Waals surface area contributed by atoms with Gasteiger partial charge in [0.05, 0.1) is 31.4 Å². The van der Waals surface area contributed by atoms with E-state index in [1.54, 1.807) is 51.1 Å². The maximum absolute atomic E-state index is 13.3. The number of epoxide rings is 1. The minimum atomic E-state index is -1.80. The number of aliphatic hydroxyl groups is 3. The number of hydrogen-bond acceptors (Lipinski definition) is 9. The summed E-state index contributed by atoms with van der Waals surface area (Å²) in [5.41, 5.74) is -1.64. The van der Waals surface area contributed by atoms with E-state index in [-0.39, 0.29) is 23.6 Å². The second-order valence-corrected chi connectivity index (χ2v) is 11.2. The molecule has 4 rings (SSSR count). The smallest absolute Gasteiger partial charge is 0.409 e. The number of nitrogens with zero attached hydrogens (tertiary/aromatic N) is 1. The average molecular weight is 581 g/mol. The van der Waals surface area contributed by atoms with Crippen LogP contribution in [-0.4, -0.2) is 84.3 Å². The molecule has 12 heteroatoms. The van der Waals surface area contributed by atoms with Crippen molar-refractivity contribution in [1.29, 1.82) is 0 Å². The number of methoxy groups -OCH3 is 2. The predicted octanol–water partition coefficient (Wildman–Crippen LogP) is 2.61. The SMILES string of the molecule is COc1cc2cc(c1Cl)N(C)C(=O)CC(O)C1(C)OC1C(C)C1CC(O)(NC(=O)O1)C(OC)/C=C/C=C(\C)[C@@H]2O. The number of hydrogen-bond donors (Lipinski definition) is 4. The molecular weight excluding hydrogens is 544 g/mol. The van der Waals surface area contributed by atoms with Gasteiger partial charge in [0, 0.05) is 26.5 Å². The number of aliphatic hydroxyl groups excluding tert-OH is 2. The number of fused-ring (bicyclic) bond motifs is 5. The Morgan fingerprint density at radius 2 is 1.93 bits per heavy atom. The number of allylic oxidation sites excluding steroid dienone is 2. The lowest BCUT2D eigenvalue weighted by Gasteiger charge is -2.42. The fraction of sp³-hybridized carbons (Fsp3) is 0.571. The lowest BCUT2D eigenvalue weighted by atomic mass is 9.84. The molecule has 2 fully saturated rings. The molecule has 0 saturated carbocycles. The van der Waals surface area contributed by atoms with E-state index in [1.807, 2.05) is 0 Å². The molecule has 3 aliphatic heterocycles. The standard InChI is InChI=1S/C28H37ClN2O9/c1-14-8-7-9-21(38-6)28(36)13-19(39-26(35)30-28)15(2)25-27(3,40-25)20(32)12-22(33)31(4)17-10-16(24(14)34)11-18(37-5)23(17)29/h7-11,15,19-21,24-25,32,34,36H,12-13H2,1-6H3,(H,30,35)/b9-7+,14-8+/t15?,19?,20?,21?,24-,25?,27?,28?/m0/s1. The average Bonchev–Trinajstić information content (AvgIpc) is 3.61. The van der Waals surface area contributed by atoms with Gasteiger partial charge in [-0.05, 0) is 37.1 Å².